The van der Waals surface area contributed by atoms with Crippen molar-refractivity contribution >= 4 is 22.3 Å². The number of hydrogen-bond acceptors (Lipinski definition) is 5. The van der Waals surface area contributed by atoms with Gasteiger partial charge < -0.3 is 5.32 Å². The number of nitrogens with one attached hydrogen (secondary N) is 1. The molecule has 0 saturated heterocycles. The maximum absolute atomic E-state index is 11.3. The summed E-state index contributed by atoms with van der Waals surface area (Å²) in [4.78, 5) is 10.7. The van der Waals surface area contributed by atoms with E-state index < -0.39 is 15.7 Å². The lowest BCUT2D eigenvalue weighted by Crippen LogP contribution is -2.17. The third-order valence-corrected chi connectivity index (χ3v) is 4.49. The van der Waals surface area contributed by atoms with E-state index in [9.17, 15) is 14.3 Å². The second-order valence-electron chi connectivity index (χ2n) is 4.79. The Bertz CT molecular complexity index is 501. The van der Waals surface area contributed by atoms with Crippen LogP contribution in [0.5, 0.6) is 0 Å². The quantitative estimate of drug-likeness (QED) is 0.586. The van der Waals surface area contributed by atoms with E-state index >= 15 is 0 Å². The first-order valence-electron chi connectivity index (χ1n) is 6.66. The van der Waals surface area contributed by atoms with Gasteiger partial charge in [-0.05, 0) is 19.8 Å². The predicted octanol–water partition coefficient (Wildman–Crippen LogP) is 2.08. The molecule has 2 unspecified atom stereocenters. The Balaban J connectivity index is 2.85. The molecular weight excluding hydrogens is 280 g/mol. The van der Waals surface area contributed by atoms with Gasteiger partial charge in [-0.1, -0.05) is 13.8 Å². The molecule has 0 saturated carbocycles. The van der Waals surface area contributed by atoms with Crippen molar-refractivity contribution in [1.82, 2.24) is 9.78 Å². The number of hydrogen-bond donors (Lipinski definition) is 1. The molecule has 114 valence electrons. The second kappa shape index (κ2) is 7.37. The van der Waals surface area contributed by atoms with Crippen LogP contribution in [-0.4, -0.2) is 37.0 Å². The summed E-state index contributed by atoms with van der Waals surface area (Å²) in [6.07, 6.45) is 3.21. The molecule has 0 aliphatic carbocycles. The van der Waals surface area contributed by atoms with E-state index in [0.717, 1.165) is 6.42 Å². The van der Waals surface area contributed by atoms with E-state index in [4.69, 9.17) is 0 Å². The van der Waals surface area contributed by atoms with Crippen LogP contribution in [0.15, 0.2) is 0 Å². The summed E-state index contributed by atoms with van der Waals surface area (Å²) in [5.74, 6) is 0.448. The van der Waals surface area contributed by atoms with Gasteiger partial charge in [-0.25, -0.2) is 4.68 Å². The first kappa shape index (κ1) is 16.6. The fraction of sp³-hybridized carbons (Fsp3) is 0.750. The van der Waals surface area contributed by atoms with Gasteiger partial charge in [-0.3, -0.25) is 14.3 Å². The van der Waals surface area contributed by atoms with Crippen LogP contribution in [0.2, 0.25) is 0 Å². The van der Waals surface area contributed by atoms with E-state index in [1.165, 1.54) is 0 Å². The minimum Gasteiger partial charge on any atom is -0.364 e. The number of aryl methyl sites for hydroxylation is 2. The van der Waals surface area contributed by atoms with E-state index in [1.807, 2.05) is 13.8 Å². The molecule has 1 aromatic rings. The summed E-state index contributed by atoms with van der Waals surface area (Å²) >= 11 is 0. The van der Waals surface area contributed by atoms with Crippen molar-refractivity contribution in [3.63, 3.8) is 0 Å². The van der Waals surface area contributed by atoms with Gasteiger partial charge in [0.15, 0.2) is 0 Å². The van der Waals surface area contributed by atoms with Crippen LogP contribution in [0, 0.1) is 17.0 Å². The minimum atomic E-state index is -0.882. The van der Waals surface area contributed by atoms with Gasteiger partial charge in [-0.15, -0.1) is 0 Å². The third-order valence-electron chi connectivity index (χ3n) is 3.12. The lowest BCUT2D eigenvalue weighted by molar-refractivity contribution is -0.384. The van der Waals surface area contributed by atoms with Gasteiger partial charge in [0.2, 0.25) is 5.82 Å². The Morgan fingerprint density at radius 2 is 2.20 bits per heavy atom. The van der Waals surface area contributed by atoms with Crippen molar-refractivity contribution < 1.29 is 9.13 Å². The first-order chi connectivity index (χ1) is 9.38. The normalized spacial score (nSPS) is 14.0. The van der Waals surface area contributed by atoms with Gasteiger partial charge in [0.25, 0.3) is 0 Å². The van der Waals surface area contributed by atoms with Crippen molar-refractivity contribution in [2.45, 2.75) is 45.4 Å². The summed E-state index contributed by atoms with van der Waals surface area (Å²) in [7, 11) is -0.882. The van der Waals surface area contributed by atoms with Crippen molar-refractivity contribution in [3.05, 3.63) is 15.8 Å². The number of nitrogens with zero attached hydrogens (tertiary/aromatic N) is 3. The average molecular weight is 302 g/mol. The monoisotopic (exact) mass is 302 g/mol. The van der Waals surface area contributed by atoms with E-state index in [-0.39, 0.29) is 10.9 Å². The third kappa shape index (κ3) is 4.03. The van der Waals surface area contributed by atoms with Gasteiger partial charge >= 0.3 is 5.69 Å². The predicted molar refractivity (Wildman–Crippen MR) is 80.5 cm³/mol. The maximum Gasteiger partial charge on any atom is 0.333 e. The highest BCUT2D eigenvalue weighted by atomic mass is 32.2. The van der Waals surface area contributed by atoms with E-state index in [1.54, 1.807) is 17.9 Å². The molecule has 0 spiro atoms. The van der Waals surface area contributed by atoms with Gasteiger partial charge in [-0.2, -0.15) is 5.10 Å². The molecule has 0 aliphatic heterocycles. The Labute approximate surface area is 121 Å². The van der Waals surface area contributed by atoms with Crippen LogP contribution in [-0.2, 0) is 17.3 Å². The number of nitro groups is 1. The molecule has 1 N–H and O–H groups in total. The molecular formula is C12H22N4O3S. The molecule has 1 aromatic heterocycles. The highest BCUT2D eigenvalue weighted by molar-refractivity contribution is 7.84. The highest BCUT2D eigenvalue weighted by Crippen LogP contribution is 2.28. The van der Waals surface area contributed by atoms with Crippen molar-refractivity contribution in [2.75, 3.05) is 18.1 Å². The summed E-state index contributed by atoms with van der Waals surface area (Å²) in [5, 5.41) is 18.5. The fourth-order valence-electron chi connectivity index (χ4n) is 1.90. The topological polar surface area (TPSA) is 90.1 Å². The molecule has 20 heavy (non-hydrogen) atoms. The van der Waals surface area contributed by atoms with Crippen LogP contribution < -0.4 is 5.32 Å². The van der Waals surface area contributed by atoms with Crippen molar-refractivity contribution in [3.8, 4) is 0 Å². The highest BCUT2D eigenvalue weighted by Gasteiger charge is 2.24. The molecule has 0 bridgehead atoms. The molecule has 8 heteroatoms. The Morgan fingerprint density at radius 1 is 1.55 bits per heavy atom. The second-order valence-corrected chi connectivity index (χ2v) is 6.59. The maximum atomic E-state index is 11.3. The van der Waals surface area contributed by atoms with Gasteiger partial charge in [0.1, 0.15) is 5.69 Å². The zero-order chi connectivity index (χ0) is 15.3. The smallest absolute Gasteiger partial charge is 0.333 e. The molecule has 0 amide bonds. The SMILES string of the molecule is CCCn1nc(C)c([N+](=O)[O-])c1NCCC(C)S(C)=O. The summed E-state index contributed by atoms with van der Waals surface area (Å²) in [5.41, 5.74) is 0.446. The van der Waals surface area contributed by atoms with Gasteiger partial charge in [0.05, 0.1) is 4.92 Å². The molecule has 0 radical (unpaired) electrons. The fourth-order valence-corrected chi connectivity index (χ4v) is 2.35. The minimum absolute atomic E-state index is 0.0312. The van der Waals surface area contributed by atoms with E-state index in [0.29, 0.717) is 31.0 Å². The standard InChI is InChI=1S/C12H22N4O3S/c1-5-8-15-12(11(16(17)18)10(3)14-15)13-7-6-9(2)20(4)19/h9,13H,5-8H2,1-4H3. The zero-order valence-electron chi connectivity index (χ0n) is 12.4. The number of rotatable bonds is 8. The largest absolute Gasteiger partial charge is 0.364 e. The Kier molecular flexibility index (Phi) is 6.12. The van der Waals surface area contributed by atoms with Crippen molar-refractivity contribution in [2.24, 2.45) is 0 Å². The summed E-state index contributed by atoms with van der Waals surface area (Å²) in [6.45, 7) is 6.71. The number of anilines is 1. The van der Waals surface area contributed by atoms with Crippen LogP contribution in [0.4, 0.5) is 11.5 Å². The lowest BCUT2D eigenvalue weighted by Gasteiger charge is -2.11. The molecule has 7 nitrogen and oxygen atoms in total. The molecule has 1 heterocycles. The average Bonchev–Trinajstić information content (AvgIpc) is 2.66. The summed E-state index contributed by atoms with van der Waals surface area (Å²) < 4.78 is 12.9. The van der Waals surface area contributed by atoms with Crippen LogP contribution in [0.1, 0.15) is 32.4 Å². The Morgan fingerprint density at radius 3 is 2.70 bits per heavy atom. The Hall–Kier alpha value is -1.44. The first-order valence-corrected chi connectivity index (χ1v) is 8.28. The van der Waals surface area contributed by atoms with Crippen LogP contribution in [0.3, 0.4) is 0 Å². The van der Waals surface area contributed by atoms with Crippen LogP contribution >= 0.6 is 0 Å². The molecule has 1 rings (SSSR count). The summed E-state index contributed by atoms with van der Waals surface area (Å²) in [6, 6.07) is 0. The van der Waals surface area contributed by atoms with Crippen LogP contribution in [0.25, 0.3) is 0 Å². The number of aromatic nitrogens is 2. The van der Waals surface area contributed by atoms with Crippen molar-refractivity contribution in [1.29, 1.82) is 0 Å². The molecule has 0 fully saturated rings. The van der Waals surface area contributed by atoms with E-state index in [2.05, 4.69) is 10.4 Å². The molecule has 0 aliphatic rings. The van der Waals surface area contributed by atoms with Gasteiger partial charge in [0, 0.05) is 35.4 Å². The zero-order valence-corrected chi connectivity index (χ0v) is 13.2. The lowest BCUT2D eigenvalue weighted by atomic mass is 10.3. The molecule has 2 atom stereocenters. The molecule has 0 aromatic carbocycles.